The molecule has 17 heavy (non-hydrogen) atoms. The normalized spacial score (nSPS) is 14.2. The summed E-state index contributed by atoms with van der Waals surface area (Å²) >= 11 is 5.55. The molecule has 1 aromatic rings. The van der Waals surface area contributed by atoms with Crippen molar-refractivity contribution in [1.82, 2.24) is 0 Å². The van der Waals surface area contributed by atoms with Crippen LogP contribution in [-0.2, 0) is 10.4 Å². The van der Waals surface area contributed by atoms with E-state index >= 15 is 0 Å². The Bertz CT molecular complexity index is 353. The van der Waals surface area contributed by atoms with Crippen LogP contribution in [0.15, 0.2) is 30.3 Å². The Morgan fingerprint density at radius 2 is 1.82 bits per heavy atom. The number of aliphatic hydroxyl groups is 1. The van der Waals surface area contributed by atoms with E-state index < -0.39 is 11.6 Å². The number of hydrogen-bond acceptors (Lipinski definition) is 2. The number of unbranched alkanes of at least 4 members (excludes halogenated alkanes) is 2. The standard InChI is InChI=1S/C13H17ClO3/c14-10-6-2-5-9-13(17,12(15)16)11-7-3-1-4-8-11/h1,3-4,7-8,17H,2,5-6,9-10H2,(H,15,16)/t13-/m0/s1. The zero-order valence-electron chi connectivity index (χ0n) is 9.60. The lowest BCUT2D eigenvalue weighted by molar-refractivity contribution is -0.160. The summed E-state index contributed by atoms with van der Waals surface area (Å²) in [6, 6.07) is 8.51. The summed E-state index contributed by atoms with van der Waals surface area (Å²) in [6.07, 6.45) is 2.52. The molecule has 3 nitrogen and oxygen atoms in total. The molecule has 0 aliphatic rings. The Balaban J connectivity index is 2.73. The number of carboxylic acid groups (broad SMARTS) is 1. The monoisotopic (exact) mass is 256 g/mol. The Morgan fingerprint density at radius 3 is 2.35 bits per heavy atom. The molecule has 1 rings (SSSR count). The highest BCUT2D eigenvalue weighted by Crippen LogP contribution is 2.27. The van der Waals surface area contributed by atoms with Crippen LogP contribution < -0.4 is 0 Å². The molecule has 0 aliphatic heterocycles. The van der Waals surface area contributed by atoms with Crippen LogP contribution in [0.1, 0.15) is 31.2 Å². The molecule has 0 unspecified atom stereocenters. The molecule has 4 heteroatoms. The summed E-state index contributed by atoms with van der Waals surface area (Å²) < 4.78 is 0. The minimum atomic E-state index is -1.78. The summed E-state index contributed by atoms with van der Waals surface area (Å²) in [5.41, 5.74) is -1.36. The molecule has 1 atom stereocenters. The molecule has 0 amide bonds. The molecule has 0 bridgehead atoms. The van der Waals surface area contributed by atoms with Crippen molar-refractivity contribution in [1.29, 1.82) is 0 Å². The van der Waals surface area contributed by atoms with Crippen molar-refractivity contribution in [2.45, 2.75) is 31.3 Å². The fourth-order valence-electron chi connectivity index (χ4n) is 1.74. The fourth-order valence-corrected chi connectivity index (χ4v) is 1.93. The second-order valence-corrected chi connectivity index (χ2v) is 4.41. The first kappa shape index (κ1) is 14.0. The second-order valence-electron chi connectivity index (χ2n) is 4.03. The van der Waals surface area contributed by atoms with Crippen LogP contribution in [0.2, 0.25) is 0 Å². The third-order valence-electron chi connectivity index (χ3n) is 2.78. The van der Waals surface area contributed by atoms with E-state index in [1.165, 1.54) is 0 Å². The summed E-state index contributed by atoms with van der Waals surface area (Å²) in [4.78, 5) is 11.2. The van der Waals surface area contributed by atoms with Gasteiger partial charge in [0.2, 0.25) is 0 Å². The van der Waals surface area contributed by atoms with Gasteiger partial charge in [-0.2, -0.15) is 0 Å². The molecule has 0 aromatic heterocycles. The van der Waals surface area contributed by atoms with Crippen LogP contribution in [0.4, 0.5) is 0 Å². The number of rotatable bonds is 7. The van der Waals surface area contributed by atoms with Crippen molar-refractivity contribution in [3.8, 4) is 0 Å². The molecular formula is C13H17ClO3. The summed E-state index contributed by atoms with van der Waals surface area (Å²) in [7, 11) is 0. The topological polar surface area (TPSA) is 57.5 Å². The van der Waals surface area contributed by atoms with E-state index in [2.05, 4.69) is 0 Å². The third kappa shape index (κ3) is 3.72. The lowest BCUT2D eigenvalue weighted by Gasteiger charge is -2.23. The van der Waals surface area contributed by atoms with Gasteiger partial charge in [-0.1, -0.05) is 36.8 Å². The first-order valence-corrected chi connectivity index (χ1v) is 6.22. The highest BCUT2D eigenvalue weighted by Gasteiger charge is 2.36. The molecule has 0 saturated carbocycles. The third-order valence-corrected chi connectivity index (χ3v) is 3.04. The highest BCUT2D eigenvalue weighted by molar-refractivity contribution is 6.17. The minimum absolute atomic E-state index is 0.212. The van der Waals surface area contributed by atoms with Crippen LogP contribution in [0.25, 0.3) is 0 Å². The summed E-state index contributed by atoms with van der Waals surface area (Å²) in [5, 5.41) is 19.4. The number of alkyl halides is 1. The number of halogens is 1. The lowest BCUT2D eigenvalue weighted by Crippen LogP contribution is -2.35. The Morgan fingerprint density at radius 1 is 1.18 bits per heavy atom. The smallest absolute Gasteiger partial charge is 0.340 e. The van der Waals surface area contributed by atoms with E-state index in [-0.39, 0.29) is 6.42 Å². The maximum atomic E-state index is 11.2. The minimum Gasteiger partial charge on any atom is -0.479 e. The van der Waals surface area contributed by atoms with Crippen LogP contribution in [0, 0.1) is 0 Å². The van der Waals surface area contributed by atoms with Crippen molar-refractivity contribution < 1.29 is 15.0 Å². The number of hydrogen-bond donors (Lipinski definition) is 2. The van der Waals surface area contributed by atoms with Crippen molar-refractivity contribution in [3.63, 3.8) is 0 Å². The average molecular weight is 257 g/mol. The van der Waals surface area contributed by atoms with E-state index in [4.69, 9.17) is 16.7 Å². The predicted octanol–water partition coefficient (Wildman–Crippen LogP) is 2.76. The summed E-state index contributed by atoms with van der Waals surface area (Å²) in [6.45, 7) is 0. The van der Waals surface area contributed by atoms with Gasteiger partial charge in [0.1, 0.15) is 0 Å². The number of carboxylic acids is 1. The van der Waals surface area contributed by atoms with E-state index in [0.29, 0.717) is 17.9 Å². The van der Waals surface area contributed by atoms with Gasteiger partial charge in [0.25, 0.3) is 0 Å². The van der Waals surface area contributed by atoms with Gasteiger partial charge in [-0.3, -0.25) is 0 Å². The van der Waals surface area contributed by atoms with Crippen LogP contribution in [-0.4, -0.2) is 22.1 Å². The first-order valence-electron chi connectivity index (χ1n) is 5.68. The predicted molar refractivity (Wildman–Crippen MR) is 67.2 cm³/mol. The van der Waals surface area contributed by atoms with Crippen molar-refractivity contribution in [2.24, 2.45) is 0 Å². The van der Waals surface area contributed by atoms with Gasteiger partial charge in [0, 0.05) is 5.88 Å². The van der Waals surface area contributed by atoms with Crippen LogP contribution >= 0.6 is 11.6 Å². The molecule has 0 fully saturated rings. The Labute approximate surface area is 106 Å². The van der Waals surface area contributed by atoms with Gasteiger partial charge < -0.3 is 10.2 Å². The zero-order chi connectivity index (χ0) is 12.7. The van der Waals surface area contributed by atoms with Gasteiger partial charge >= 0.3 is 5.97 Å². The molecule has 1 aromatic carbocycles. The van der Waals surface area contributed by atoms with Crippen molar-refractivity contribution in [3.05, 3.63) is 35.9 Å². The molecule has 0 aliphatic carbocycles. The quantitative estimate of drug-likeness (QED) is 0.583. The van der Waals surface area contributed by atoms with E-state index in [1.807, 2.05) is 0 Å². The van der Waals surface area contributed by atoms with Gasteiger partial charge in [-0.05, 0) is 24.8 Å². The van der Waals surface area contributed by atoms with Gasteiger partial charge in [-0.25, -0.2) is 4.79 Å². The van der Waals surface area contributed by atoms with Gasteiger partial charge in [0.05, 0.1) is 0 Å². The van der Waals surface area contributed by atoms with Crippen LogP contribution in [0.3, 0.4) is 0 Å². The van der Waals surface area contributed by atoms with Crippen molar-refractivity contribution >= 4 is 17.6 Å². The largest absolute Gasteiger partial charge is 0.479 e. The number of carbonyl (C=O) groups is 1. The maximum absolute atomic E-state index is 11.2. The molecule has 94 valence electrons. The first-order chi connectivity index (χ1) is 8.11. The van der Waals surface area contributed by atoms with Crippen molar-refractivity contribution in [2.75, 3.05) is 5.88 Å². The molecule has 2 N–H and O–H groups in total. The Kier molecular flexibility index (Phi) is 5.45. The van der Waals surface area contributed by atoms with E-state index in [1.54, 1.807) is 30.3 Å². The maximum Gasteiger partial charge on any atom is 0.340 e. The SMILES string of the molecule is O=C(O)[C@](O)(CCCCCCl)c1ccccc1. The zero-order valence-corrected chi connectivity index (χ0v) is 10.4. The molecule has 0 spiro atoms. The Hall–Kier alpha value is -1.06. The lowest BCUT2D eigenvalue weighted by atomic mass is 9.88. The van der Waals surface area contributed by atoms with Crippen LogP contribution in [0.5, 0.6) is 0 Å². The highest BCUT2D eigenvalue weighted by atomic mass is 35.5. The molecule has 0 heterocycles. The van der Waals surface area contributed by atoms with E-state index in [0.717, 1.165) is 12.8 Å². The molecular weight excluding hydrogens is 240 g/mol. The van der Waals surface area contributed by atoms with Gasteiger partial charge in [0.15, 0.2) is 5.60 Å². The second kappa shape index (κ2) is 6.62. The average Bonchev–Trinajstić information content (AvgIpc) is 2.35. The molecule has 0 saturated heterocycles. The number of benzene rings is 1. The van der Waals surface area contributed by atoms with Gasteiger partial charge in [-0.15, -0.1) is 11.6 Å². The fraction of sp³-hybridized carbons (Fsp3) is 0.462. The molecule has 0 radical (unpaired) electrons. The van der Waals surface area contributed by atoms with E-state index in [9.17, 15) is 9.90 Å². The number of aliphatic carboxylic acids is 1. The summed E-state index contributed by atoms with van der Waals surface area (Å²) in [5.74, 6) is -0.633.